The van der Waals surface area contributed by atoms with Gasteiger partial charge in [-0.25, -0.2) is 0 Å². The van der Waals surface area contributed by atoms with Gasteiger partial charge < -0.3 is 14.3 Å². The third-order valence-corrected chi connectivity index (χ3v) is 3.71. The minimum atomic E-state index is -0.804. The van der Waals surface area contributed by atoms with Crippen molar-refractivity contribution >= 4 is 17.1 Å². The first-order chi connectivity index (χ1) is 8.67. The molecule has 1 aromatic carbocycles. The quantitative estimate of drug-likeness (QED) is 0.901. The summed E-state index contributed by atoms with van der Waals surface area (Å²) in [5.41, 5.74) is 1.08. The van der Waals surface area contributed by atoms with Crippen LogP contribution in [-0.2, 0) is 10.2 Å². The lowest BCUT2D eigenvalue weighted by atomic mass is 9.64. The second-order valence-corrected chi connectivity index (χ2v) is 4.58. The van der Waals surface area contributed by atoms with Crippen LogP contribution >= 0.6 is 0 Å². The van der Waals surface area contributed by atoms with E-state index in [4.69, 9.17) is 9.15 Å². The zero-order chi connectivity index (χ0) is 12.8. The number of rotatable bonds is 3. The summed E-state index contributed by atoms with van der Waals surface area (Å²) in [4.78, 5) is 15.7. The first-order valence-corrected chi connectivity index (χ1v) is 5.85. The molecule has 1 aliphatic carbocycles. The number of aromatic nitrogens is 1. The summed E-state index contributed by atoms with van der Waals surface area (Å²) in [5, 5.41) is 9.47. The Bertz CT molecular complexity index is 612. The molecule has 3 rings (SSSR count). The molecule has 5 heteroatoms. The lowest BCUT2D eigenvalue weighted by Gasteiger charge is -2.37. The highest BCUT2D eigenvalue weighted by Gasteiger charge is 2.47. The van der Waals surface area contributed by atoms with Gasteiger partial charge in [-0.2, -0.15) is 4.98 Å². The molecule has 1 heterocycles. The number of fused-ring (bicyclic) bond motifs is 1. The summed E-state index contributed by atoms with van der Waals surface area (Å²) in [7, 11) is 1.47. The van der Waals surface area contributed by atoms with Crippen LogP contribution in [-0.4, -0.2) is 23.2 Å². The average molecular weight is 247 g/mol. The highest BCUT2D eigenvalue weighted by molar-refractivity contribution is 5.90. The molecule has 0 spiro atoms. The molecule has 2 aromatic rings. The number of hydrogen-bond acceptors (Lipinski definition) is 4. The molecule has 5 nitrogen and oxygen atoms in total. The van der Waals surface area contributed by atoms with Crippen LogP contribution in [0.2, 0.25) is 0 Å². The van der Waals surface area contributed by atoms with Gasteiger partial charge in [-0.05, 0) is 24.5 Å². The molecule has 0 aliphatic heterocycles. The Labute approximate surface area is 103 Å². The lowest BCUT2D eigenvalue weighted by molar-refractivity contribution is -0.147. The zero-order valence-corrected chi connectivity index (χ0v) is 9.97. The SMILES string of the molecule is COc1nc2c(C3(C(=O)O)CCC3)cccc2o1. The first kappa shape index (κ1) is 11.1. The van der Waals surface area contributed by atoms with Gasteiger partial charge in [-0.3, -0.25) is 4.79 Å². The molecular formula is C13H13NO4. The van der Waals surface area contributed by atoms with E-state index in [-0.39, 0.29) is 6.08 Å². The number of hydrogen-bond donors (Lipinski definition) is 1. The standard InChI is InChI=1S/C13H13NO4/c1-17-12-14-10-8(4-2-5-9(10)18-12)13(11(15)16)6-3-7-13/h2,4-5H,3,6-7H2,1H3,(H,15,16). The molecule has 94 valence electrons. The molecule has 18 heavy (non-hydrogen) atoms. The Balaban J connectivity index is 2.22. The minimum absolute atomic E-state index is 0.164. The van der Waals surface area contributed by atoms with E-state index < -0.39 is 11.4 Å². The van der Waals surface area contributed by atoms with Gasteiger partial charge in [0.05, 0.1) is 12.5 Å². The Morgan fingerprint density at radius 1 is 1.50 bits per heavy atom. The summed E-state index contributed by atoms with van der Waals surface area (Å²) in [6.45, 7) is 0. The van der Waals surface area contributed by atoms with Crippen molar-refractivity contribution in [2.45, 2.75) is 24.7 Å². The number of oxazole rings is 1. The van der Waals surface area contributed by atoms with E-state index in [1.165, 1.54) is 7.11 Å². The van der Waals surface area contributed by atoms with Gasteiger partial charge in [0.25, 0.3) is 0 Å². The molecule has 0 bridgehead atoms. The topological polar surface area (TPSA) is 72.6 Å². The molecule has 0 unspecified atom stereocenters. The lowest BCUT2D eigenvalue weighted by Crippen LogP contribution is -2.42. The smallest absolute Gasteiger partial charge is 0.394 e. The fourth-order valence-corrected chi connectivity index (χ4v) is 2.53. The van der Waals surface area contributed by atoms with Crippen molar-refractivity contribution in [2.24, 2.45) is 0 Å². The van der Waals surface area contributed by atoms with Crippen molar-refractivity contribution in [3.63, 3.8) is 0 Å². The number of carboxylic acid groups (broad SMARTS) is 1. The van der Waals surface area contributed by atoms with E-state index in [9.17, 15) is 9.90 Å². The van der Waals surface area contributed by atoms with Gasteiger partial charge in [0, 0.05) is 0 Å². The van der Waals surface area contributed by atoms with E-state index >= 15 is 0 Å². The Morgan fingerprint density at radius 3 is 2.83 bits per heavy atom. The molecule has 1 aliphatic rings. The van der Waals surface area contributed by atoms with Crippen molar-refractivity contribution in [2.75, 3.05) is 7.11 Å². The van der Waals surface area contributed by atoms with Gasteiger partial charge in [-0.15, -0.1) is 0 Å². The van der Waals surface area contributed by atoms with Gasteiger partial charge >= 0.3 is 12.0 Å². The third-order valence-electron chi connectivity index (χ3n) is 3.71. The number of nitrogens with zero attached hydrogens (tertiary/aromatic N) is 1. The molecule has 1 N–H and O–H groups in total. The van der Waals surface area contributed by atoms with E-state index in [2.05, 4.69) is 4.98 Å². The second kappa shape index (κ2) is 3.73. The van der Waals surface area contributed by atoms with Crippen LogP contribution in [0.25, 0.3) is 11.1 Å². The van der Waals surface area contributed by atoms with Gasteiger partial charge in [0.2, 0.25) is 0 Å². The molecule has 0 amide bonds. The number of benzene rings is 1. The maximum Gasteiger partial charge on any atom is 0.394 e. The number of aliphatic carboxylic acids is 1. The van der Waals surface area contributed by atoms with Gasteiger partial charge in [0.1, 0.15) is 5.52 Å². The molecule has 1 fully saturated rings. The van der Waals surface area contributed by atoms with Crippen LogP contribution in [0.4, 0.5) is 0 Å². The third kappa shape index (κ3) is 1.33. The number of ether oxygens (including phenoxy) is 1. The predicted molar refractivity (Wildman–Crippen MR) is 63.7 cm³/mol. The Kier molecular flexibility index (Phi) is 2.29. The molecule has 0 radical (unpaired) electrons. The van der Waals surface area contributed by atoms with Crippen molar-refractivity contribution in [3.05, 3.63) is 23.8 Å². The summed E-state index contributed by atoms with van der Waals surface area (Å²) in [6.07, 6.45) is 2.39. The van der Waals surface area contributed by atoms with E-state index in [1.807, 2.05) is 6.07 Å². The van der Waals surface area contributed by atoms with Crippen LogP contribution in [0, 0.1) is 0 Å². The Hall–Kier alpha value is -2.04. The molecule has 1 saturated carbocycles. The highest BCUT2D eigenvalue weighted by Crippen LogP contribution is 2.46. The number of methoxy groups -OCH3 is 1. The molecular weight excluding hydrogens is 234 g/mol. The van der Waals surface area contributed by atoms with Crippen LogP contribution in [0.15, 0.2) is 22.6 Å². The largest absolute Gasteiger partial charge is 0.481 e. The predicted octanol–water partition coefficient (Wildman–Crippen LogP) is 2.34. The van der Waals surface area contributed by atoms with Crippen molar-refractivity contribution in [3.8, 4) is 6.08 Å². The number of carbonyl (C=O) groups is 1. The summed E-state index contributed by atoms with van der Waals surface area (Å²) >= 11 is 0. The fourth-order valence-electron chi connectivity index (χ4n) is 2.53. The minimum Gasteiger partial charge on any atom is -0.481 e. The van der Waals surface area contributed by atoms with Crippen molar-refractivity contribution < 1.29 is 19.1 Å². The molecule has 1 aromatic heterocycles. The number of carboxylic acids is 1. The van der Waals surface area contributed by atoms with Crippen LogP contribution in [0.5, 0.6) is 6.08 Å². The zero-order valence-electron chi connectivity index (χ0n) is 9.97. The van der Waals surface area contributed by atoms with Crippen molar-refractivity contribution in [1.29, 1.82) is 0 Å². The maximum absolute atomic E-state index is 11.5. The summed E-state index contributed by atoms with van der Waals surface area (Å²) in [5.74, 6) is -0.789. The summed E-state index contributed by atoms with van der Waals surface area (Å²) in [6, 6.07) is 5.38. The second-order valence-electron chi connectivity index (χ2n) is 4.58. The highest BCUT2D eigenvalue weighted by atomic mass is 16.6. The van der Waals surface area contributed by atoms with Crippen LogP contribution < -0.4 is 4.74 Å². The van der Waals surface area contributed by atoms with Crippen LogP contribution in [0.1, 0.15) is 24.8 Å². The molecule has 0 atom stereocenters. The molecule has 0 saturated heterocycles. The number of para-hydroxylation sites is 1. The first-order valence-electron chi connectivity index (χ1n) is 5.85. The normalized spacial score (nSPS) is 17.4. The maximum atomic E-state index is 11.5. The summed E-state index contributed by atoms with van der Waals surface area (Å²) < 4.78 is 10.3. The average Bonchev–Trinajstić information content (AvgIpc) is 2.70. The van der Waals surface area contributed by atoms with E-state index in [1.54, 1.807) is 12.1 Å². The van der Waals surface area contributed by atoms with Gasteiger partial charge in [0.15, 0.2) is 5.58 Å². The van der Waals surface area contributed by atoms with E-state index in [0.717, 1.165) is 12.0 Å². The Morgan fingerprint density at radius 2 is 2.28 bits per heavy atom. The van der Waals surface area contributed by atoms with Crippen molar-refractivity contribution in [1.82, 2.24) is 4.98 Å². The van der Waals surface area contributed by atoms with Gasteiger partial charge in [-0.1, -0.05) is 18.6 Å². The van der Waals surface area contributed by atoms with Crippen LogP contribution in [0.3, 0.4) is 0 Å². The van der Waals surface area contributed by atoms with E-state index in [0.29, 0.717) is 23.9 Å². The monoisotopic (exact) mass is 247 g/mol. The fraction of sp³-hybridized carbons (Fsp3) is 0.385.